The standard InChI is InChI=1S/C17H25N3O2S.ClH/c1-12(16(22)20-9-8-17(3,10-18)11-20)23-15-6-4-14(5-7-15)19-13(2)21;/h4-7,12H,8-11,18H2,1-3H3,(H,19,21);1H. The van der Waals surface area contributed by atoms with Crippen LogP contribution in [-0.2, 0) is 9.59 Å². The average molecular weight is 372 g/mol. The lowest BCUT2D eigenvalue weighted by atomic mass is 9.90. The zero-order valence-electron chi connectivity index (χ0n) is 14.4. The van der Waals surface area contributed by atoms with Gasteiger partial charge in [-0.2, -0.15) is 0 Å². The molecule has 1 aromatic rings. The molecule has 134 valence electrons. The second-order valence-corrected chi connectivity index (χ2v) is 7.90. The number of hydrogen-bond acceptors (Lipinski definition) is 4. The molecule has 1 fully saturated rings. The summed E-state index contributed by atoms with van der Waals surface area (Å²) in [4.78, 5) is 26.5. The first-order valence-corrected chi connectivity index (χ1v) is 8.74. The van der Waals surface area contributed by atoms with E-state index >= 15 is 0 Å². The fourth-order valence-electron chi connectivity index (χ4n) is 2.71. The first-order valence-electron chi connectivity index (χ1n) is 7.86. The van der Waals surface area contributed by atoms with Gasteiger partial charge >= 0.3 is 0 Å². The molecular weight excluding hydrogens is 346 g/mol. The summed E-state index contributed by atoms with van der Waals surface area (Å²) in [5, 5.41) is 2.60. The highest BCUT2D eigenvalue weighted by Gasteiger charge is 2.36. The number of nitrogens with zero attached hydrogens (tertiary/aromatic N) is 1. The van der Waals surface area contributed by atoms with Crippen LogP contribution in [0.2, 0.25) is 0 Å². The lowest BCUT2D eigenvalue weighted by Gasteiger charge is -2.24. The number of nitrogens with one attached hydrogen (secondary N) is 1. The van der Waals surface area contributed by atoms with E-state index in [1.54, 1.807) is 0 Å². The molecule has 1 saturated heterocycles. The predicted molar refractivity (Wildman–Crippen MR) is 102 cm³/mol. The summed E-state index contributed by atoms with van der Waals surface area (Å²) >= 11 is 1.54. The predicted octanol–water partition coefficient (Wildman–Crippen LogP) is 2.74. The summed E-state index contributed by atoms with van der Waals surface area (Å²) in [6, 6.07) is 7.55. The highest BCUT2D eigenvalue weighted by Crippen LogP contribution is 2.31. The fraction of sp³-hybridized carbons (Fsp3) is 0.529. The van der Waals surface area contributed by atoms with Crippen LogP contribution in [-0.4, -0.2) is 41.6 Å². The monoisotopic (exact) mass is 371 g/mol. The van der Waals surface area contributed by atoms with E-state index in [0.29, 0.717) is 6.54 Å². The van der Waals surface area contributed by atoms with Crippen LogP contribution in [0.15, 0.2) is 29.2 Å². The number of likely N-dealkylation sites (tertiary alicyclic amines) is 1. The number of halogens is 1. The first-order chi connectivity index (χ1) is 10.8. The average Bonchev–Trinajstić information content (AvgIpc) is 2.91. The molecule has 3 N–H and O–H groups in total. The van der Waals surface area contributed by atoms with Crippen molar-refractivity contribution < 1.29 is 9.59 Å². The number of carbonyl (C=O) groups excluding carboxylic acids is 2. The van der Waals surface area contributed by atoms with Gasteiger partial charge in [0.2, 0.25) is 11.8 Å². The summed E-state index contributed by atoms with van der Waals surface area (Å²) < 4.78 is 0. The molecule has 1 heterocycles. The van der Waals surface area contributed by atoms with Gasteiger partial charge in [0.25, 0.3) is 0 Å². The van der Waals surface area contributed by atoms with Crippen LogP contribution in [0, 0.1) is 5.41 Å². The molecule has 2 atom stereocenters. The SMILES string of the molecule is CC(=O)Nc1ccc(SC(C)C(=O)N2CCC(C)(CN)C2)cc1.Cl. The van der Waals surface area contributed by atoms with E-state index in [1.807, 2.05) is 36.1 Å². The van der Waals surface area contributed by atoms with Gasteiger partial charge in [-0.05, 0) is 49.6 Å². The molecule has 7 heteroatoms. The quantitative estimate of drug-likeness (QED) is 0.780. The highest BCUT2D eigenvalue weighted by atomic mass is 35.5. The Hall–Kier alpha value is -1.24. The highest BCUT2D eigenvalue weighted by molar-refractivity contribution is 8.00. The van der Waals surface area contributed by atoms with Crippen molar-refractivity contribution in [1.82, 2.24) is 4.90 Å². The third-order valence-corrected chi connectivity index (χ3v) is 5.30. The number of hydrogen-bond donors (Lipinski definition) is 2. The zero-order valence-corrected chi connectivity index (χ0v) is 16.0. The van der Waals surface area contributed by atoms with Crippen LogP contribution in [0.4, 0.5) is 5.69 Å². The van der Waals surface area contributed by atoms with Crippen molar-refractivity contribution in [1.29, 1.82) is 0 Å². The fourth-order valence-corrected chi connectivity index (χ4v) is 3.66. The van der Waals surface area contributed by atoms with E-state index in [0.717, 1.165) is 30.1 Å². The Kier molecular flexibility index (Phi) is 7.57. The van der Waals surface area contributed by atoms with Gasteiger partial charge in [-0.3, -0.25) is 9.59 Å². The van der Waals surface area contributed by atoms with Gasteiger partial charge < -0.3 is 16.0 Å². The Morgan fingerprint density at radius 3 is 2.50 bits per heavy atom. The maximum absolute atomic E-state index is 12.6. The maximum Gasteiger partial charge on any atom is 0.235 e. The van der Waals surface area contributed by atoms with Crippen LogP contribution in [0.25, 0.3) is 0 Å². The molecule has 0 aromatic heterocycles. The molecule has 0 bridgehead atoms. The molecule has 24 heavy (non-hydrogen) atoms. The molecule has 1 aliphatic rings. The molecule has 0 saturated carbocycles. The topological polar surface area (TPSA) is 75.4 Å². The smallest absolute Gasteiger partial charge is 0.235 e. The molecule has 2 amide bonds. The van der Waals surface area contributed by atoms with Crippen molar-refractivity contribution in [3.63, 3.8) is 0 Å². The van der Waals surface area contributed by atoms with E-state index in [-0.39, 0.29) is 34.9 Å². The van der Waals surface area contributed by atoms with Crippen LogP contribution >= 0.6 is 24.2 Å². The summed E-state index contributed by atoms with van der Waals surface area (Å²) in [6.45, 7) is 7.71. The lowest BCUT2D eigenvalue weighted by molar-refractivity contribution is -0.129. The number of benzene rings is 1. The summed E-state index contributed by atoms with van der Waals surface area (Å²) in [6.07, 6.45) is 0.970. The van der Waals surface area contributed by atoms with Gasteiger partial charge in [0, 0.05) is 30.6 Å². The Labute approximate surface area is 154 Å². The third-order valence-electron chi connectivity index (χ3n) is 4.20. The van der Waals surface area contributed by atoms with Crippen molar-refractivity contribution in [3.05, 3.63) is 24.3 Å². The van der Waals surface area contributed by atoms with Crippen molar-refractivity contribution in [2.24, 2.45) is 11.1 Å². The molecule has 2 rings (SSSR count). The van der Waals surface area contributed by atoms with Gasteiger partial charge in [0.15, 0.2) is 0 Å². The number of rotatable bonds is 5. The molecule has 1 aliphatic heterocycles. The number of nitrogens with two attached hydrogens (primary N) is 1. The zero-order chi connectivity index (χ0) is 17.0. The molecule has 0 radical (unpaired) electrons. The molecule has 0 aliphatic carbocycles. The minimum Gasteiger partial charge on any atom is -0.341 e. The van der Waals surface area contributed by atoms with Crippen LogP contribution in [0.1, 0.15) is 27.2 Å². The normalized spacial score (nSPS) is 21.1. The number of thioether (sulfide) groups is 1. The van der Waals surface area contributed by atoms with E-state index < -0.39 is 0 Å². The number of amides is 2. The van der Waals surface area contributed by atoms with Gasteiger partial charge in [0.1, 0.15) is 0 Å². The second kappa shape index (κ2) is 8.74. The van der Waals surface area contributed by atoms with Crippen molar-refractivity contribution in [2.75, 3.05) is 25.0 Å². The Balaban J connectivity index is 0.00000288. The van der Waals surface area contributed by atoms with Crippen molar-refractivity contribution >= 4 is 41.7 Å². The van der Waals surface area contributed by atoms with E-state index in [2.05, 4.69) is 12.2 Å². The third kappa shape index (κ3) is 5.40. The van der Waals surface area contributed by atoms with Crippen LogP contribution < -0.4 is 11.1 Å². The molecule has 1 aromatic carbocycles. The van der Waals surface area contributed by atoms with Gasteiger partial charge in [0.05, 0.1) is 5.25 Å². The first kappa shape index (κ1) is 20.8. The van der Waals surface area contributed by atoms with E-state index in [4.69, 9.17) is 5.73 Å². The van der Waals surface area contributed by atoms with Gasteiger partial charge in [-0.1, -0.05) is 6.92 Å². The van der Waals surface area contributed by atoms with Gasteiger partial charge in [-0.25, -0.2) is 0 Å². The number of anilines is 1. The van der Waals surface area contributed by atoms with E-state index in [1.165, 1.54) is 18.7 Å². The van der Waals surface area contributed by atoms with Gasteiger partial charge in [-0.15, -0.1) is 24.2 Å². The molecular formula is C17H26ClN3O2S. The molecule has 2 unspecified atom stereocenters. The second-order valence-electron chi connectivity index (χ2n) is 6.49. The Bertz CT molecular complexity index is 582. The summed E-state index contributed by atoms with van der Waals surface area (Å²) in [5.41, 5.74) is 6.62. The Morgan fingerprint density at radius 1 is 1.38 bits per heavy atom. The van der Waals surface area contributed by atoms with Crippen LogP contribution in [0.3, 0.4) is 0 Å². The summed E-state index contributed by atoms with van der Waals surface area (Å²) in [5.74, 6) is 0.0732. The molecule has 5 nitrogen and oxygen atoms in total. The van der Waals surface area contributed by atoms with Crippen molar-refractivity contribution in [2.45, 2.75) is 37.3 Å². The largest absolute Gasteiger partial charge is 0.341 e. The van der Waals surface area contributed by atoms with Crippen LogP contribution in [0.5, 0.6) is 0 Å². The lowest BCUT2D eigenvalue weighted by Crippen LogP contribution is -2.38. The van der Waals surface area contributed by atoms with E-state index in [9.17, 15) is 9.59 Å². The number of carbonyl (C=O) groups is 2. The summed E-state index contributed by atoms with van der Waals surface area (Å²) in [7, 11) is 0. The van der Waals surface area contributed by atoms with Crippen molar-refractivity contribution in [3.8, 4) is 0 Å². The Morgan fingerprint density at radius 2 is 2.00 bits per heavy atom. The maximum atomic E-state index is 12.6. The molecule has 0 spiro atoms. The minimum absolute atomic E-state index is 0. The minimum atomic E-state index is -0.137.